The molecule has 1 saturated heterocycles. The van der Waals surface area contributed by atoms with E-state index in [2.05, 4.69) is 33.0 Å². The summed E-state index contributed by atoms with van der Waals surface area (Å²) in [6.45, 7) is 9.87. The predicted molar refractivity (Wildman–Crippen MR) is 74.5 cm³/mol. The highest BCUT2D eigenvalue weighted by molar-refractivity contribution is 5.87. The second kappa shape index (κ2) is 4.80. The molecule has 0 aromatic carbocycles. The molecule has 1 aliphatic carbocycles. The molecule has 0 spiro atoms. The molecule has 1 N–H and O–H groups in total. The Hall–Kier alpha value is -1.06. The molecule has 108 valence electrons. The van der Waals surface area contributed by atoms with Crippen molar-refractivity contribution in [2.75, 3.05) is 13.1 Å². The number of rotatable bonds is 1. The molecule has 1 aliphatic heterocycles. The minimum absolute atomic E-state index is 0.00909. The van der Waals surface area contributed by atoms with Gasteiger partial charge in [0.2, 0.25) is 11.8 Å². The molecule has 0 radical (unpaired) electrons. The lowest BCUT2D eigenvalue weighted by atomic mass is 9.63. The van der Waals surface area contributed by atoms with E-state index >= 15 is 0 Å². The quantitative estimate of drug-likeness (QED) is 0.788. The summed E-state index contributed by atoms with van der Waals surface area (Å²) in [7, 11) is 0. The highest BCUT2D eigenvalue weighted by atomic mass is 16.2. The first-order valence-electron chi connectivity index (χ1n) is 7.25. The van der Waals surface area contributed by atoms with E-state index in [4.69, 9.17) is 0 Å². The summed E-state index contributed by atoms with van der Waals surface area (Å²) in [5.41, 5.74) is 0.521. The van der Waals surface area contributed by atoms with Crippen LogP contribution >= 0.6 is 0 Å². The van der Waals surface area contributed by atoms with Gasteiger partial charge in [0, 0.05) is 19.0 Å². The van der Waals surface area contributed by atoms with Gasteiger partial charge in [-0.25, -0.2) is 0 Å². The second-order valence-electron chi connectivity index (χ2n) is 7.68. The summed E-state index contributed by atoms with van der Waals surface area (Å²) in [5.74, 6) is 0.0644. The zero-order valence-corrected chi connectivity index (χ0v) is 12.6. The van der Waals surface area contributed by atoms with Crippen LogP contribution in [0.1, 0.15) is 53.4 Å². The Labute approximate surface area is 115 Å². The Balaban J connectivity index is 2.15. The van der Waals surface area contributed by atoms with E-state index in [9.17, 15) is 9.59 Å². The highest BCUT2D eigenvalue weighted by Crippen LogP contribution is 2.47. The number of nitrogens with zero attached hydrogens (tertiary/aromatic N) is 1. The fraction of sp³-hybridized carbons (Fsp3) is 0.867. The smallest absolute Gasteiger partial charge is 0.242 e. The summed E-state index contributed by atoms with van der Waals surface area (Å²) in [6, 6.07) is 0.277. The number of hydrogen-bond acceptors (Lipinski definition) is 2. The fourth-order valence-electron chi connectivity index (χ4n) is 4.11. The largest absolute Gasteiger partial charge is 0.347 e. The Morgan fingerprint density at radius 3 is 2.26 bits per heavy atom. The average molecular weight is 266 g/mol. The van der Waals surface area contributed by atoms with Gasteiger partial charge >= 0.3 is 0 Å². The molecule has 2 aliphatic rings. The van der Waals surface area contributed by atoms with Gasteiger partial charge in [0.25, 0.3) is 0 Å². The maximum Gasteiger partial charge on any atom is 0.242 e. The van der Waals surface area contributed by atoms with Gasteiger partial charge in [-0.1, -0.05) is 27.7 Å². The summed E-state index contributed by atoms with van der Waals surface area (Å²) >= 11 is 0. The minimum Gasteiger partial charge on any atom is -0.347 e. The lowest BCUT2D eigenvalue weighted by Gasteiger charge is -2.48. The molecule has 0 aromatic rings. The maximum atomic E-state index is 12.2. The lowest BCUT2D eigenvalue weighted by molar-refractivity contribution is -0.134. The molecule has 4 heteroatoms. The van der Waals surface area contributed by atoms with Crippen LogP contribution in [0.25, 0.3) is 0 Å². The standard InChI is InChI=1S/C15H26N2O2/c1-14(2)7-11(8-15(3,4)10-14)17-6-5-12(18)16-9-13(17)19/h11H,5-10H2,1-4H3,(H,16,18). The summed E-state index contributed by atoms with van der Waals surface area (Å²) in [4.78, 5) is 25.6. The van der Waals surface area contributed by atoms with Gasteiger partial charge in [-0.2, -0.15) is 0 Å². The lowest BCUT2D eigenvalue weighted by Crippen LogP contribution is -2.49. The molecule has 1 saturated carbocycles. The van der Waals surface area contributed by atoms with Crippen molar-refractivity contribution in [3.63, 3.8) is 0 Å². The molecule has 0 bridgehead atoms. The number of amides is 2. The third kappa shape index (κ3) is 3.48. The molecule has 2 amide bonds. The van der Waals surface area contributed by atoms with Crippen molar-refractivity contribution in [2.24, 2.45) is 10.8 Å². The fourth-order valence-corrected chi connectivity index (χ4v) is 4.11. The van der Waals surface area contributed by atoms with Crippen LogP contribution in [0, 0.1) is 10.8 Å². The Bertz CT molecular complexity index is 372. The van der Waals surface area contributed by atoms with E-state index in [1.165, 1.54) is 6.42 Å². The third-order valence-electron chi connectivity index (χ3n) is 4.31. The molecule has 0 atom stereocenters. The van der Waals surface area contributed by atoms with Crippen LogP contribution in [-0.4, -0.2) is 35.8 Å². The molecule has 2 rings (SSSR count). The van der Waals surface area contributed by atoms with Gasteiger partial charge < -0.3 is 10.2 Å². The van der Waals surface area contributed by atoms with Crippen molar-refractivity contribution in [1.82, 2.24) is 10.2 Å². The van der Waals surface area contributed by atoms with Crippen LogP contribution in [0.4, 0.5) is 0 Å². The van der Waals surface area contributed by atoms with Gasteiger partial charge in [0.15, 0.2) is 0 Å². The van der Waals surface area contributed by atoms with Crippen molar-refractivity contribution >= 4 is 11.8 Å². The summed E-state index contributed by atoms with van der Waals surface area (Å²) in [6.07, 6.45) is 3.70. The Morgan fingerprint density at radius 2 is 1.68 bits per heavy atom. The maximum absolute atomic E-state index is 12.2. The van der Waals surface area contributed by atoms with E-state index in [0.717, 1.165) is 12.8 Å². The van der Waals surface area contributed by atoms with Gasteiger partial charge in [-0.3, -0.25) is 9.59 Å². The molecule has 19 heavy (non-hydrogen) atoms. The molecular weight excluding hydrogens is 240 g/mol. The van der Waals surface area contributed by atoms with E-state index in [-0.39, 0.29) is 35.2 Å². The second-order valence-corrected chi connectivity index (χ2v) is 7.68. The normalized spacial score (nSPS) is 27.9. The number of carbonyl (C=O) groups is 2. The van der Waals surface area contributed by atoms with Crippen molar-refractivity contribution < 1.29 is 9.59 Å². The van der Waals surface area contributed by atoms with Gasteiger partial charge in [-0.15, -0.1) is 0 Å². The first-order chi connectivity index (χ1) is 8.69. The van der Waals surface area contributed by atoms with Crippen molar-refractivity contribution in [3.05, 3.63) is 0 Å². The van der Waals surface area contributed by atoms with E-state index in [1.807, 2.05) is 4.90 Å². The van der Waals surface area contributed by atoms with Crippen LogP contribution in [0.5, 0.6) is 0 Å². The molecule has 0 unspecified atom stereocenters. The minimum atomic E-state index is -0.00909. The first kappa shape index (κ1) is 14.4. The van der Waals surface area contributed by atoms with Crippen molar-refractivity contribution in [2.45, 2.75) is 59.4 Å². The zero-order valence-electron chi connectivity index (χ0n) is 12.6. The average Bonchev–Trinajstić information content (AvgIpc) is 2.37. The highest BCUT2D eigenvalue weighted by Gasteiger charge is 2.42. The Morgan fingerprint density at radius 1 is 1.11 bits per heavy atom. The van der Waals surface area contributed by atoms with E-state index in [1.54, 1.807) is 0 Å². The molecule has 1 heterocycles. The van der Waals surface area contributed by atoms with Crippen LogP contribution in [0.15, 0.2) is 0 Å². The molecule has 2 fully saturated rings. The van der Waals surface area contributed by atoms with E-state index in [0.29, 0.717) is 13.0 Å². The van der Waals surface area contributed by atoms with Gasteiger partial charge in [0.1, 0.15) is 0 Å². The third-order valence-corrected chi connectivity index (χ3v) is 4.31. The molecule has 4 nitrogen and oxygen atoms in total. The van der Waals surface area contributed by atoms with Gasteiger partial charge in [0.05, 0.1) is 6.54 Å². The Kier molecular flexibility index (Phi) is 3.63. The molecular formula is C15H26N2O2. The van der Waals surface area contributed by atoms with Gasteiger partial charge in [-0.05, 0) is 30.1 Å². The monoisotopic (exact) mass is 266 g/mol. The number of carbonyl (C=O) groups excluding carboxylic acids is 2. The zero-order chi connectivity index (χ0) is 14.3. The summed E-state index contributed by atoms with van der Waals surface area (Å²) in [5, 5.41) is 2.67. The van der Waals surface area contributed by atoms with Crippen LogP contribution in [-0.2, 0) is 9.59 Å². The SMILES string of the molecule is CC1(C)CC(N2CCC(=O)NCC2=O)CC(C)(C)C1. The number of nitrogens with one attached hydrogen (secondary N) is 1. The van der Waals surface area contributed by atoms with Crippen molar-refractivity contribution in [1.29, 1.82) is 0 Å². The van der Waals surface area contributed by atoms with Crippen LogP contribution in [0.2, 0.25) is 0 Å². The van der Waals surface area contributed by atoms with Crippen molar-refractivity contribution in [3.8, 4) is 0 Å². The van der Waals surface area contributed by atoms with Crippen LogP contribution < -0.4 is 5.32 Å². The van der Waals surface area contributed by atoms with E-state index < -0.39 is 0 Å². The van der Waals surface area contributed by atoms with Crippen LogP contribution in [0.3, 0.4) is 0 Å². The summed E-state index contributed by atoms with van der Waals surface area (Å²) < 4.78 is 0. The predicted octanol–water partition coefficient (Wildman–Crippen LogP) is 1.94. The molecule has 0 aromatic heterocycles. The topological polar surface area (TPSA) is 49.4 Å². The number of hydrogen-bond donors (Lipinski definition) is 1. The first-order valence-corrected chi connectivity index (χ1v) is 7.25.